The van der Waals surface area contributed by atoms with Gasteiger partial charge in [-0.25, -0.2) is 4.79 Å². The summed E-state index contributed by atoms with van der Waals surface area (Å²) in [5, 5.41) is 0. The molecule has 1 aliphatic heterocycles. The van der Waals surface area contributed by atoms with E-state index in [2.05, 4.69) is 11.5 Å². The summed E-state index contributed by atoms with van der Waals surface area (Å²) in [7, 11) is 0. The van der Waals surface area contributed by atoms with E-state index in [0.717, 1.165) is 42.6 Å². The van der Waals surface area contributed by atoms with Gasteiger partial charge in [0.2, 0.25) is 0 Å². The average Bonchev–Trinajstić information content (AvgIpc) is 3.12. The molecule has 0 spiro atoms. The van der Waals surface area contributed by atoms with E-state index in [4.69, 9.17) is 9.57 Å². The molecule has 1 heterocycles. The van der Waals surface area contributed by atoms with Crippen molar-refractivity contribution in [1.29, 1.82) is 0 Å². The number of nitrogens with zero attached hydrogens (tertiary/aromatic N) is 1. The summed E-state index contributed by atoms with van der Waals surface area (Å²) in [6.07, 6.45) is 2.60. The standard InChI is InChI=1S/C21H26N2O3/c1-2-25-21(24)23-14-8-12-19(23)15-18-11-6-7-13-20(18)22-26-16-17-9-4-3-5-10-17/h3-7,9-11,13,19,22H,2,8,12,14-16H2,1H3. The largest absolute Gasteiger partial charge is 0.450 e. The Kier molecular flexibility index (Phi) is 6.50. The number of carbonyl (C=O) groups is 1. The van der Waals surface area contributed by atoms with Crippen molar-refractivity contribution in [3.63, 3.8) is 0 Å². The smallest absolute Gasteiger partial charge is 0.410 e. The maximum absolute atomic E-state index is 12.1. The number of hydrogen-bond donors (Lipinski definition) is 1. The van der Waals surface area contributed by atoms with Crippen LogP contribution in [0.1, 0.15) is 30.9 Å². The highest BCUT2D eigenvalue weighted by molar-refractivity contribution is 5.68. The number of amides is 1. The van der Waals surface area contributed by atoms with Crippen molar-refractivity contribution in [2.45, 2.75) is 38.8 Å². The van der Waals surface area contributed by atoms with Crippen molar-refractivity contribution in [2.75, 3.05) is 18.6 Å². The third-order valence-corrected chi connectivity index (χ3v) is 4.62. The van der Waals surface area contributed by atoms with E-state index in [1.54, 1.807) is 0 Å². The quantitative estimate of drug-likeness (QED) is 0.749. The van der Waals surface area contributed by atoms with E-state index in [-0.39, 0.29) is 12.1 Å². The van der Waals surface area contributed by atoms with E-state index in [0.29, 0.717) is 13.2 Å². The number of carbonyl (C=O) groups excluding carboxylic acids is 1. The Morgan fingerprint density at radius 1 is 1.15 bits per heavy atom. The molecule has 2 aromatic rings. The molecule has 0 saturated carbocycles. The lowest BCUT2D eigenvalue weighted by Gasteiger charge is -2.24. The second-order valence-corrected chi connectivity index (χ2v) is 6.43. The average molecular weight is 354 g/mol. The molecular weight excluding hydrogens is 328 g/mol. The summed E-state index contributed by atoms with van der Waals surface area (Å²) in [5.74, 6) is 0. The van der Waals surface area contributed by atoms with Crippen LogP contribution >= 0.6 is 0 Å². The van der Waals surface area contributed by atoms with Crippen LogP contribution in [0.4, 0.5) is 10.5 Å². The number of nitrogens with one attached hydrogen (secondary N) is 1. The van der Waals surface area contributed by atoms with Crippen LogP contribution in [0.5, 0.6) is 0 Å². The molecule has 1 aliphatic rings. The van der Waals surface area contributed by atoms with Crippen LogP contribution in [-0.4, -0.2) is 30.2 Å². The molecule has 3 rings (SSSR count). The molecule has 1 amide bonds. The van der Waals surface area contributed by atoms with Crippen molar-refractivity contribution in [2.24, 2.45) is 0 Å². The number of anilines is 1. The molecule has 0 radical (unpaired) electrons. The van der Waals surface area contributed by atoms with Gasteiger partial charge in [-0.05, 0) is 43.4 Å². The molecule has 0 bridgehead atoms. The van der Waals surface area contributed by atoms with Crippen LogP contribution in [0.3, 0.4) is 0 Å². The van der Waals surface area contributed by atoms with Crippen LogP contribution in [0.15, 0.2) is 54.6 Å². The first-order chi connectivity index (χ1) is 12.8. The Hall–Kier alpha value is -2.53. The molecule has 1 N–H and O–H groups in total. The van der Waals surface area contributed by atoms with Crippen molar-refractivity contribution < 1.29 is 14.4 Å². The Bertz CT molecular complexity index is 705. The molecule has 5 nitrogen and oxygen atoms in total. The van der Waals surface area contributed by atoms with E-state index in [1.165, 1.54) is 0 Å². The lowest BCUT2D eigenvalue weighted by molar-refractivity contribution is 0.103. The maximum atomic E-state index is 12.1. The first kappa shape index (κ1) is 18.3. The molecule has 0 aromatic heterocycles. The zero-order valence-corrected chi connectivity index (χ0v) is 15.2. The van der Waals surface area contributed by atoms with Gasteiger partial charge < -0.3 is 9.64 Å². The van der Waals surface area contributed by atoms with Gasteiger partial charge in [-0.15, -0.1) is 0 Å². The van der Waals surface area contributed by atoms with Crippen molar-refractivity contribution in [3.8, 4) is 0 Å². The first-order valence-corrected chi connectivity index (χ1v) is 9.21. The molecule has 26 heavy (non-hydrogen) atoms. The third kappa shape index (κ3) is 4.76. The molecule has 2 aromatic carbocycles. The summed E-state index contributed by atoms with van der Waals surface area (Å²) in [6, 6.07) is 18.3. The van der Waals surface area contributed by atoms with Gasteiger partial charge in [0.25, 0.3) is 0 Å². The minimum absolute atomic E-state index is 0.172. The van der Waals surface area contributed by atoms with E-state index in [1.807, 2.05) is 60.4 Å². The molecule has 1 fully saturated rings. The lowest BCUT2D eigenvalue weighted by atomic mass is 10.0. The van der Waals surface area contributed by atoms with E-state index >= 15 is 0 Å². The fourth-order valence-corrected chi connectivity index (χ4v) is 3.32. The highest BCUT2D eigenvalue weighted by Gasteiger charge is 2.30. The fourth-order valence-electron chi connectivity index (χ4n) is 3.32. The monoisotopic (exact) mass is 354 g/mol. The summed E-state index contributed by atoms with van der Waals surface area (Å²) >= 11 is 0. The molecule has 1 unspecified atom stereocenters. The highest BCUT2D eigenvalue weighted by Crippen LogP contribution is 2.25. The van der Waals surface area contributed by atoms with Gasteiger partial charge in [-0.3, -0.25) is 10.3 Å². The van der Waals surface area contributed by atoms with E-state index in [9.17, 15) is 4.79 Å². The molecule has 138 valence electrons. The van der Waals surface area contributed by atoms with Crippen LogP contribution < -0.4 is 5.48 Å². The first-order valence-electron chi connectivity index (χ1n) is 9.21. The molecule has 1 saturated heterocycles. The van der Waals surface area contributed by atoms with Gasteiger partial charge in [0.05, 0.1) is 18.9 Å². The Labute approximate surface area is 154 Å². The molecule has 0 aliphatic carbocycles. The minimum atomic E-state index is -0.208. The molecule has 1 atom stereocenters. The maximum Gasteiger partial charge on any atom is 0.410 e. The summed E-state index contributed by atoms with van der Waals surface area (Å²) < 4.78 is 5.18. The minimum Gasteiger partial charge on any atom is -0.450 e. The third-order valence-electron chi connectivity index (χ3n) is 4.62. The van der Waals surface area contributed by atoms with Crippen LogP contribution in [0.25, 0.3) is 0 Å². The van der Waals surface area contributed by atoms with Crippen molar-refractivity contribution in [1.82, 2.24) is 4.90 Å². The second-order valence-electron chi connectivity index (χ2n) is 6.43. The second kappa shape index (κ2) is 9.25. The zero-order chi connectivity index (χ0) is 18.2. The predicted octanol–water partition coefficient (Wildman–Crippen LogP) is 4.39. The number of benzene rings is 2. The zero-order valence-electron chi connectivity index (χ0n) is 15.2. The fraction of sp³-hybridized carbons (Fsp3) is 0.381. The topological polar surface area (TPSA) is 50.8 Å². The van der Waals surface area contributed by atoms with Gasteiger partial charge in [-0.1, -0.05) is 48.5 Å². The Morgan fingerprint density at radius 2 is 1.92 bits per heavy atom. The summed E-state index contributed by atoms with van der Waals surface area (Å²) in [4.78, 5) is 19.6. The van der Waals surface area contributed by atoms with Gasteiger partial charge in [0, 0.05) is 12.6 Å². The molecular formula is C21H26N2O3. The Morgan fingerprint density at radius 3 is 2.73 bits per heavy atom. The number of para-hydroxylation sites is 1. The van der Waals surface area contributed by atoms with Gasteiger partial charge in [-0.2, -0.15) is 0 Å². The van der Waals surface area contributed by atoms with Crippen LogP contribution in [0.2, 0.25) is 0 Å². The summed E-state index contributed by atoms with van der Waals surface area (Å²) in [6.45, 7) is 3.51. The van der Waals surface area contributed by atoms with Crippen LogP contribution in [0, 0.1) is 0 Å². The molecule has 5 heteroatoms. The van der Waals surface area contributed by atoms with Crippen molar-refractivity contribution >= 4 is 11.8 Å². The normalized spacial score (nSPS) is 16.5. The van der Waals surface area contributed by atoms with Gasteiger partial charge >= 0.3 is 6.09 Å². The van der Waals surface area contributed by atoms with Crippen molar-refractivity contribution in [3.05, 3.63) is 65.7 Å². The van der Waals surface area contributed by atoms with Gasteiger partial charge in [0.1, 0.15) is 0 Å². The lowest BCUT2D eigenvalue weighted by Crippen LogP contribution is -2.37. The SMILES string of the molecule is CCOC(=O)N1CCCC1Cc1ccccc1NOCc1ccccc1. The number of likely N-dealkylation sites (tertiary alicyclic amines) is 1. The highest BCUT2D eigenvalue weighted by atomic mass is 16.6. The number of hydrogen-bond acceptors (Lipinski definition) is 4. The predicted molar refractivity (Wildman–Crippen MR) is 102 cm³/mol. The number of ether oxygens (including phenoxy) is 1. The summed E-state index contributed by atoms with van der Waals surface area (Å²) in [5.41, 5.74) is 6.27. The number of rotatable bonds is 7. The van der Waals surface area contributed by atoms with Crippen LogP contribution in [-0.2, 0) is 22.6 Å². The van der Waals surface area contributed by atoms with Gasteiger partial charge in [0.15, 0.2) is 0 Å². The Balaban J connectivity index is 1.60. The van der Waals surface area contributed by atoms with E-state index < -0.39 is 0 Å².